The van der Waals surface area contributed by atoms with E-state index < -0.39 is 11.7 Å². The molecule has 0 saturated carbocycles. The lowest BCUT2D eigenvalue weighted by Gasteiger charge is -2.11. The van der Waals surface area contributed by atoms with Gasteiger partial charge in [0.25, 0.3) is 0 Å². The first kappa shape index (κ1) is 22.0. The van der Waals surface area contributed by atoms with Crippen LogP contribution in [0, 0.1) is 6.92 Å². The van der Waals surface area contributed by atoms with Crippen molar-refractivity contribution >= 4 is 17.7 Å². The minimum atomic E-state index is -4.36. The summed E-state index contributed by atoms with van der Waals surface area (Å²) < 4.78 is 44.6. The van der Waals surface area contributed by atoms with Crippen LogP contribution in [0.3, 0.4) is 0 Å². The van der Waals surface area contributed by atoms with Gasteiger partial charge in [-0.1, -0.05) is 12.1 Å². The Hall–Kier alpha value is -2.74. The van der Waals surface area contributed by atoms with Crippen molar-refractivity contribution < 1.29 is 22.7 Å². The highest BCUT2D eigenvalue weighted by atomic mass is 32.2. The van der Waals surface area contributed by atoms with Gasteiger partial charge in [0.15, 0.2) is 0 Å². The van der Waals surface area contributed by atoms with Crippen LogP contribution < -0.4 is 0 Å². The second-order valence-electron chi connectivity index (χ2n) is 6.82. The van der Waals surface area contributed by atoms with Gasteiger partial charge >= 0.3 is 12.1 Å². The molecule has 1 heterocycles. The first-order chi connectivity index (χ1) is 14.2. The molecule has 1 atom stereocenters. The van der Waals surface area contributed by atoms with Gasteiger partial charge in [0.05, 0.1) is 30.5 Å². The summed E-state index contributed by atoms with van der Waals surface area (Å²) in [5.41, 5.74) is 2.54. The summed E-state index contributed by atoms with van der Waals surface area (Å²) in [6.07, 6.45) is -2.31. The molecule has 1 aromatic heterocycles. The quantitative estimate of drug-likeness (QED) is 0.365. The number of nitrogens with zero attached hydrogens (tertiary/aromatic N) is 2. The molecule has 0 spiro atoms. The Balaban J connectivity index is 1.76. The van der Waals surface area contributed by atoms with E-state index in [0.717, 1.165) is 33.8 Å². The number of carbonyl (C=O) groups is 1. The van der Waals surface area contributed by atoms with Gasteiger partial charge in [-0.05, 0) is 55.8 Å². The zero-order chi connectivity index (χ0) is 21.9. The fourth-order valence-electron chi connectivity index (χ4n) is 3.04. The highest BCUT2D eigenvalue weighted by Crippen LogP contribution is 2.37. The number of aryl methyl sites for hydroxylation is 1. The summed E-state index contributed by atoms with van der Waals surface area (Å²) in [7, 11) is 1.36. The molecule has 3 aromatic rings. The number of alkyl halides is 3. The molecule has 0 amide bonds. The first-order valence-corrected chi connectivity index (χ1v) is 10.1. The Kier molecular flexibility index (Phi) is 6.55. The van der Waals surface area contributed by atoms with Crippen molar-refractivity contribution in [3.8, 4) is 5.69 Å². The van der Waals surface area contributed by atoms with Crippen molar-refractivity contribution in [1.29, 1.82) is 0 Å². The van der Waals surface area contributed by atoms with Gasteiger partial charge < -0.3 is 4.74 Å². The highest BCUT2D eigenvalue weighted by Gasteiger charge is 2.30. The molecule has 0 fully saturated rings. The third kappa shape index (κ3) is 5.24. The first-order valence-electron chi connectivity index (χ1n) is 9.23. The van der Waals surface area contributed by atoms with Crippen molar-refractivity contribution in [3.05, 3.63) is 77.1 Å². The highest BCUT2D eigenvalue weighted by molar-refractivity contribution is 7.99. The SMILES string of the molecule is COC(=O)Cc1cccc(SC(C)c2cn(-c3ccc(C(F)(F)F)cc3)nc2C)c1. The Morgan fingerprint density at radius 2 is 1.90 bits per heavy atom. The van der Waals surface area contributed by atoms with Gasteiger partial charge in [-0.3, -0.25) is 4.79 Å². The normalized spacial score (nSPS) is 12.6. The minimum absolute atomic E-state index is 0.0570. The van der Waals surface area contributed by atoms with Crippen LogP contribution in [0.25, 0.3) is 5.69 Å². The summed E-state index contributed by atoms with van der Waals surface area (Å²) in [4.78, 5) is 12.5. The predicted octanol–water partition coefficient (Wildman–Crippen LogP) is 5.77. The van der Waals surface area contributed by atoms with Crippen molar-refractivity contribution in [2.45, 2.75) is 36.6 Å². The van der Waals surface area contributed by atoms with E-state index >= 15 is 0 Å². The van der Waals surface area contributed by atoms with E-state index in [1.807, 2.05) is 44.3 Å². The van der Waals surface area contributed by atoms with Gasteiger partial charge in [-0.15, -0.1) is 11.8 Å². The maximum absolute atomic E-state index is 12.8. The van der Waals surface area contributed by atoms with E-state index in [9.17, 15) is 18.0 Å². The molecular formula is C22H21F3N2O2S. The van der Waals surface area contributed by atoms with Crippen LogP contribution in [0.2, 0.25) is 0 Å². The number of benzene rings is 2. The summed E-state index contributed by atoms with van der Waals surface area (Å²) >= 11 is 1.62. The lowest BCUT2D eigenvalue weighted by atomic mass is 10.1. The third-order valence-electron chi connectivity index (χ3n) is 4.62. The van der Waals surface area contributed by atoms with Crippen molar-refractivity contribution in [2.24, 2.45) is 0 Å². The lowest BCUT2D eigenvalue weighted by molar-refractivity contribution is -0.140. The molecule has 158 valence electrons. The van der Waals surface area contributed by atoms with Crippen molar-refractivity contribution in [3.63, 3.8) is 0 Å². The van der Waals surface area contributed by atoms with E-state index in [1.54, 1.807) is 16.4 Å². The van der Waals surface area contributed by atoms with Crippen LogP contribution in [-0.2, 0) is 22.1 Å². The number of aromatic nitrogens is 2. The zero-order valence-electron chi connectivity index (χ0n) is 16.7. The van der Waals surface area contributed by atoms with Crippen molar-refractivity contribution in [1.82, 2.24) is 9.78 Å². The molecule has 0 radical (unpaired) electrons. The van der Waals surface area contributed by atoms with Gasteiger partial charge in [0.2, 0.25) is 0 Å². The Labute approximate surface area is 177 Å². The van der Waals surface area contributed by atoms with E-state index in [4.69, 9.17) is 4.74 Å². The second-order valence-corrected chi connectivity index (χ2v) is 8.23. The van der Waals surface area contributed by atoms with Gasteiger partial charge in [0, 0.05) is 21.9 Å². The smallest absolute Gasteiger partial charge is 0.416 e. The number of ether oxygens (including phenoxy) is 1. The molecule has 0 aliphatic carbocycles. The molecule has 30 heavy (non-hydrogen) atoms. The minimum Gasteiger partial charge on any atom is -0.469 e. The summed E-state index contributed by atoms with van der Waals surface area (Å²) in [5.74, 6) is -0.293. The summed E-state index contributed by atoms with van der Waals surface area (Å²) in [6, 6.07) is 12.6. The number of esters is 1. The molecule has 3 rings (SSSR count). The molecule has 0 aliphatic rings. The Morgan fingerprint density at radius 3 is 2.53 bits per heavy atom. The van der Waals surface area contributed by atoms with Crippen molar-refractivity contribution in [2.75, 3.05) is 7.11 Å². The fourth-order valence-corrected chi connectivity index (χ4v) is 4.19. The molecule has 4 nitrogen and oxygen atoms in total. The van der Waals surface area contributed by atoms with E-state index in [-0.39, 0.29) is 17.6 Å². The topological polar surface area (TPSA) is 44.1 Å². The average molecular weight is 434 g/mol. The molecule has 0 N–H and O–H groups in total. The Bertz CT molecular complexity index is 1030. The molecule has 1 unspecified atom stereocenters. The zero-order valence-corrected chi connectivity index (χ0v) is 17.6. The number of hydrogen-bond donors (Lipinski definition) is 0. The lowest BCUT2D eigenvalue weighted by Crippen LogP contribution is -2.05. The number of halogens is 3. The maximum Gasteiger partial charge on any atom is 0.416 e. The predicted molar refractivity (Wildman–Crippen MR) is 110 cm³/mol. The van der Waals surface area contributed by atoms with Gasteiger partial charge in [-0.25, -0.2) is 4.68 Å². The fraction of sp³-hybridized carbons (Fsp3) is 0.273. The monoisotopic (exact) mass is 434 g/mol. The van der Waals surface area contributed by atoms with E-state index in [2.05, 4.69) is 5.10 Å². The van der Waals surface area contributed by atoms with E-state index in [1.165, 1.54) is 19.2 Å². The molecule has 8 heteroatoms. The van der Waals surface area contributed by atoms with E-state index in [0.29, 0.717) is 5.69 Å². The summed E-state index contributed by atoms with van der Waals surface area (Å²) in [6.45, 7) is 3.92. The average Bonchev–Trinajstić information content (AvgIpc) is 3.09. The number of rotatable bonds is 6. The van der Waals surface area contributed by atoms with Crippen LogP contribution >= 0.6 is 11.8 Å². The number of thioether (sulfide) groups is 1. The second kappa shape index (κ2) is 8.95. The van der Waals surface area contributed by atoms with Crippen LogP contribution in [0.4, 0.5) is 13.2 Å². The van der Waals surface area contributed by atoms with Crippen LogP contribution in [0.15, 0.2) is 59.6 Å². The van der Waals surface area contributed by atoms with Gasteiger partial charge in [0.1, 0.15) is 0 Å². The number of hydrogen-bond acceptors (Lipinski definition) is 4. The van der Waals surface area contributed by atoms with Crippen LogP contribution in [0.1, 0.15) is 34.6 Å². The van der Waals surface area contributed by atoms with Crippen LogP contribution in [-0.4, -0.2) is 22.9 Å². The molecule has 2 aromatic carbocycles. The summed E-state index contributed by atoms with van der Waals surface area (Å²) in [5, 5.41) is 4.52. The number of methoxy groups -OCH3 is 1. The third-order valence-corrected chi connectivity index (χ3v) is 5.76. The molecule has 0 aliphatic heterocycles. The maximum atomic E-state index is 12.8. The molecule has 0 bridgehead atoms. The van der Waals surface area contributed by atoms with Gasteiger partial charge in [-0.2, -0.15) is 18.3 Å². The largest absolute Gasteiger partial charge is 0.469 e. The standard InChI is InChI=1S/C22H21F3N2O2S/c1-14-20(13-27(26-14)18-9-7-17(8-10-18)22(23,24)25)15(2)30-19-6-4-5-16(11-19)12-21(28)29-3/h4-11,13,15H,12H2,1-3H3. The number of carbonyl (C=O) groups excluding carboxylic acids is 1. The Morgan fingerprint density at radius 1 is 1.20 bits per heavy atom. The van der Waals surface area contributed by atoms with Crippen LogP contribution in [0.5, 0.6) is 0 Å². The molecular weight excluding hydrogens is 413 g/mol. The molecule has 0 saturated heterocycles.